The second-order valence-corrected chi connectivity index (χ2v) is 7.10. The molecule has 0 unspecified atom stereocenters. The lowest BCUT2D eigenvalue weighted by Crippen LogP contribution is -2.37. The Hall–Kier alpha value is -4.53. The fourth-order valence-electron chi connectivity index (χ4n) is 2.91. The summed E-state index contributed by atoms with van der Waals surface area (Å²) in [5, 5.41) is 2.73. The molecule has 0 aliphatic rings. The smallest absolute Gasteiger partial charge is 0.331 e. The molecular formula is C24H21N3O6. The number of amides is 1. The zero-order valence-electron chi connectivity index (χ0n) is 18.0. The minimum absolute atomic E-state index is 0.121. The Morgan fingerprint density at radius 3 is 2.27 bits per heavy atom. The van der Waals surface area contributed by atoms with E-state index in [1.165, 1.54) is 43.1 Å². The Kier molecular flexibility index (Phi) is 7.14. The molecule has 1 amide bonds. The van der Waals surface area contributed by atoms with Crippen LogP contribution in [0.1, 0.15) is 26.3 Å². The Balaban J connectivity index is 1.56. The third-order valence-electron chi connectivity index (χ3n) is 4.72. The summed E-state index contributed by atoms with van der Waals surface area (Å²) in [5.74, 6) is -1.52. The molecule has 2 aromatic carbocycles. The first-order chi connectivity index (χ1) is 15.8. The van der Waals surface area contributed by atoms with Gasteiger partial charge in [0.1, 0.15) is 0 Å². The van der Waals surface area contributed by atoms with Gasteiger partial charge in [-0.15, -0.1) is 0 Å². The lowest BCUT2D eigenvalue weighted by Gasteiger charge is -2.07. The molecule has 1 heterocycles. The fourth-order valence-corrected chi connectivity index (χ4v) is 2.91. The number of aromatic nitrogens is 2. The number of carbonyl (C=O) groups excluding carboxylic acids is 3. The number of esters is 1. The highest BCUT2D eigenvalue weighted by Gasteiger charge is 2.11. The summed E-state index contributed by atoms with van der Waals surface area (Å²) < 4.78 is 7.06. The third-order valence-corrected chi connectivity index (χ3v) is 4.72. The summed E-state index contributed by atoms with van der Waals surface area (Å²) in [6, 6.07) is 14.9. The number of ketones is 1. The standard InChI is InChI=1S/C24H21N3O6/c1-26-14-18(23(31)27(2)24(26)32)10-13-21(29)33-15-20(28)16-8-11-19(12-9-16)25-22(30)17-6-4-3-5-7-17/h3-14H,15H2,1-2H3,(H,25,30)/b13-10+. The van der Waals surface area contributed by atoms with Gasteiger partial charge >= 0.3 is 11.7 Å². The van der Waals surface area contributed by atoms with Gasteiger partial charge in [-0.25, -0.2) is 9.59 Å². The highest BCUT2D eigenvalue weighted by Crippen LogP contribution is 2.12. The van der Waals surface area contributed by atoms with Crippen LogP contribution >= 0.6 is 0 Å². The molecule has 9 heteroatoms. The van der Waals surface area contributed by atoms with Crippen molar-refractivity contribution in [2.45, 2.75) is 0 Å². The molecular weight excluding hydrogens is 426 g/mol. The average Bonchev–Trinajstić information content (AvgIpc) is 2.83. The van der Waals surface area contributed by atoms with Crippen LogP contribution in [0.2, 0.25) is 0 Å². The maximum Gasteiger partial charge on any atom is 0.331 e. The molecule has 0 saturated heterocycles. The second kappa shape index (κ2) is 10.2. The highest BCUT2D eigenvalue weighted by atomic mass is 16.5. The summed E-state index contributed by atoms with van der Waals surface area (Å²) in [6.07, 6.45) is 3.53. The van der Waals surface area contributed by atoms with Crippen LogP contribution in [0.25, 0.3) is 6.08 Å². The van der Waals surface area contributed by atoms with Crippen molar-refractivity contribution in [3.05, 3.63) is 104 Å². The van der Waals surface area contributed by atoms with Crippen molar-refractivity contribution >= 4 is 29.4 Å². The van der Waals surface area contributed by atoms with E-state index >= 15 is 0 Å². The van der Waals surface area contributed by atoms with Crippen LogP contribution in [0.3, 0.4) is 0 Å². The molecule has 0 atom stereocenters. The molecule has 0 bridgehead atoms. The van der Waals surface area contributed by atoms with Gasteiger partial charge < -0.3 is 14.6 Å². The number of Topliss-reactive ketones (excluding diaryl/α,β-unsaturated/α-hetero) is 1. The number of aryl methyl sites for hydroxylation is 1. The van der Waals surface area contributed by atoms with E-state index in [1.807, 2.05) is 6.07 Å². The predicted octanol–water partition coefficient (Wildman–Crippen LogP) is 1.78. The van der Waals surface area contributed by atoms with E-state index in [0.29, 0.717) is 16.8 Å². The highest BCUT2D eigenvalue weighted by molar-refractivity contribution is 6.04. The van der Waals surface area contributed by atoms with E-state index in [2.05, 4.69) is 5.32 Å². The number of rotatable bonds is 7. The van der Waals surface area contributed by atoms with Gasteiger partial charge in [-0.1, -0.05) is 18.2 Å². The molecule has 3 rings (SSSR count). The minimum atomic E-state index is -0.814. The summed E-state index contributed by atoms with van der Waals surface area (Å²) in [5.41, 5.74) is 0.397. The van der Waals surface area contributed by atoms with Crippen LogP contribution < -0.4 is 16.6 Å². The summed E-state index contributed by atoms with van der Waals surface area (Å²) in [4.78, 5) is 60.1. The van der Waals surface area contributed by atoms with Crippen LogP contribution in [-0.4, -0.2) is 33.4 Å². The van der Waals surface area contributed by atoms with Gasteiger partial charge in [0.15, 0.2) is 12.4 Å². The Morgan fingerprint density at radius 1 is 0.939 bits per heavy atom. The number of benzene rings is 2. The van der Waals surface area contributed by atoms with Crippen LogP contribution in [0, 0.1) is 0 Å². The second-order valence-electron chi connectivity index (χ2n) is 7.10. The third kappa shape index (κ3) is 5.79. The normalized spacial score (nSPS) is 10.7. The molecule has 0 aliphatic carbocycles. The SMILES string of the molecule is Cn1cc(/C=C/C(=O)OCC(=O)c2ccc(NC(=O)c3ccccc3)cc2)c(=O)n(C)c1=O. The fraction of sp³-hybridized carbons (Fsp3) is 0.125. The van der Waals surface area contributed by atoms with E-state index in [4.69, 9.17) is 4.74 Å². The minimum Gasteiger partial charge on any atom is -0.454 e. The first kappa shape index (κ1) is 23.1. The van der Waals surface area contributed by atoms with Crippen LogP contribution in [0.4, 0.5) is 5.69 Å². The van der Waals surface area contributed by atoms with Crippen molar-refractivity contribution in [1.29, 1.82) is 0 Å². The van der Waals surface area contributed by atoms with E-state index in [9.17, 15) is 24.0 Å². The Bertz CT molecular complexity index is 1340. The number of nitrogens with one attached hydrogen (secondary N) is 1. The van der Waals surface area contributed by atoms with Gasteiger partial charge in [0.2, 0.25) is 0 Å². The maximum atomic E-state index is 12.3. The monoisotopic (exact) mass is 447 g/mol. The quantitative estimate of drug-likeness (QED) is 0.335. The van der Waals surface area contributed by atoms with Crippen LogP contribution in [0.5, 0.6) is 0 Å². The van der Waals surface area contributed by atoms with Crippen molar-refractivity contribution < 1.29 is 19.1 Å². The van der Waals surface area contributed by atoms with E-state index in [-0.39, 0.29) is 11.5 Å². The Labute approximate surface area is 188 Å². The van der Waals surface area contributed by atoms with Gasteiger partial charge in [-0.2, -0.15) is 0 Å². The number of hydrogen-bond donors (Lipinski definition) is 1. The van der Waals surface area contributed by atoms with Gasteiger partial charge in [-0.05, 0) is 42.5 Å². The average molecular weight is 447 g/mol. The van der Waals surface area contributed by atoms with Gasteiger partial charge in [0, 0.05) is 43.2 Å². The molecule has 1 N–H and O–H groups in total. The van der Waals surface area contributed by atoms with E-state index < -0.39 is 29.6 Å². The number of nitrogens with zero attached hydrogens (tertiary/aromatic N) is 2. The van der Waals surface area contributed by atoms with Crippen molar-refractivity contribution in [3.8, 4) is 0 Å². The molecule has 168 valence electrons. The summed E-state index contributed by atoms with van der Waals surface area (Å²) in [7, 11) is 2.81. The van der Waals surface area contributed by atoms with E-state index in [0.717, 1.165) is 10.6 Å². The molecule has 0 saturated carbocycles. The van der Waals surface area contributed by atoms with Crippen molar-refractivity contribution in [3.63, 3.8) is 0 Å². The zero-order valence-corrected chi connectivity index (χ0v) is 18.0. The van der Waals surface area contributed by atoms with Crippen molar-refractivity contribution in [1.82, 2.24) is 9.13 Å². The number of ether oxygens (including phenoxy) is 1. The van der Waals surface area contributed by atoms with Gasteiger partial charge in [0.25, 0.3) is 11.5 Å². The molecule has 33 heavy (non-hydrogen) atoms. The first-order valence-electron chi connectivity index (χ1n) is 9.87. The molecule has 0 spiro atoms. The topological polar surface area (TPSA) is 116 Å². The molecule has 0 radical (unpaired) electrons. The summed E-state index contributed by atoms with van der Waals surface area (Å²) >= 11 is 0. The maximum absolute atomic E-state index is 12.3. The first-order valence-corrected chi connectivity index (χ1v) is 9.87. The predicted molar refractivity (Wildman–Crippen MR) is 122 cm³/mol. The Morgan fingerprint density at radius 2 is 1.61 bits per heavy atom. The molecule has 0 fully saturated rings. The van der Waals surface area contributed by atoms with Crippen molar-refractivity contribution in [2.24, 2.45) is 14.1 Å². The van der Waals surface area contributed by atoms with Crippen LogP contribution in [0.15, 0.2) is 76.5 Å². The summed E-state index contributed by atoms with van der Waals surface area (Å²) in [6.45, 7) is -0.496. The van der Waals surface area contributed by atoms with Gasteiger partial charge in [-0.3, -0.25) is 19.0 Å². The zero-order chi connectivity index (χ0) is 24.0. The number of anilines is 1. The van der Waals surface area contributed by atoms with Crippen LogP contribution in [-0.2, 0) is 23.6 Å². The molecule has 9 nitrogen and oxygen atoms in total. The number of hydrogen-bond acceptors (Lipinski definition) is 6. The molecule has 3 aromatic rings. The van der Waals surface area contributed by atoms with Crippen molar-refractivity contribution in [2.75, 3.05) is 11.9 Å². The lowest BCUT2D eigenvalue weighted by molar-refractivity contribution is -0.136. The molecule has 1 aromatic heterocycles. The largest absolute Gasteiger partial charge is 0.454 e. The lowest BCUT2D eigenvalue weighted by atomic mass is 10.1. The van der Waals surface area contributed by atoms with E-state index in [1.54, 1.807) is 36.4 Å². The van der Waals surface area contributed by atoms with Gasteiger partial charge in [0.05, 0.1) is 5.56 Å². The molecule has 0 aliphatic heterocycles. The number of carbonyl (C=O) groups is 3.